The molecule has 4 nitrogen and oxygen atoms in total. The summed E-state index contributed by atoms with van der Waals surface area (Å²) < 4.78 is 18.9. The van der Waals surface area contributed by atoms with Crippen molar-refractivity contribution in [3.8, 4) is 5.75 Å². The van der Waals surface area contributed by atoms with Gasteiger partial charge in [-0.2, -0.15) is 0 Å². The van der Waals surface area contributed by atoms with Crippen molar-refractivity contribution >= 4 is 0 Å². The van der Waals surface area contributed by atoms with Gasteiger partial charge in [-0.3, -0.25) is 9.80 Å². The van der Waals surface area contributed by atoms with Crippen LogP contribution in [-0.2, 0) is 0 Å². The second-order valence-electron chi connectivity index (χ2n) is 7.45. The van der Waals surface area contributed by atoms with E-state index in [0.29, 0.717) is 6.04 Å². The maximum absolute atomic E-state index is 13.4. The van der Waals surface area contributed by atoms with Crippen molar-refractivity contribution in [2.24, 2.45) is 0 Å². The Hall–Kier alpha value is -1.95. The lowest BCUT2D eigenvalue weighted by Crippen LogP contribution is -2.48. The van der Waals surface area contributed by atoms with Gasteiger partial charge < -0.3 is 9.84 Å². The minimum absolute atomic E-state index is 0.191. The van der Waals surface area contributed by atoms with Gasteiger partial charge in [-0.05, 0) is 47.4 Å². The number of ether oxygens (including phenoxy) is 1. The van der Waals surface area contributed by atoms with E-state index in [1.54, 1.807) is 19.2 Å². The summed E-state index contributed by atoms with van der Waals surface area (Å²) in [6.45, 7) is 4.93. The molecule has 27 heavy (non-hydrogen) atoms. The van der Waals surface area contributed by atoms with E-state index in [1.165, 1.54) is 16.7 Å². The van der Waals surface area contributed by atoms with Gasteiger partial charge in [-0.25, -0.2) is 4.39 Å². The third-order valence-electron chi connectivity index (χ3n) is 6.02. The fourth-order valence-corrected chi connectivity index (χ4v) is 4.56. The summed E-state index contributed by atoms with van der Waals surface area (Å²) >= 11 is 0. The van der Waals surface area contributed by atoms with Gasteiger partial charge in [0.05, 0.1) is 13.7 Å². The van der Waals surface area contributed by atoms with Crippen LogP contribution < -0.4 is 4.74 Å². The van der Waals surface area contributed by atoms with Crippen molar-refractivity contribution in [2.45, 2.75) is 18.4 Å². The van der Waals surface area contributed by atoms with Gasteiger partial charge in [0.1, 0.15) is 11.6 Å². The fraction of sp³-hybridized carbons (Fsp3) is 0.455. The first-order valence-electron chi connectivity index (χ1n) is 9.70. The van der Waals surface area contributed by atoms with Crippen molar-refractivity contribution in [1.29, 1.82) is 0 Å². The molecule has 4 rings (SSSR count). The Labute approximate surface area is 160 Å². The molecule has 2 aromatic carbocycles. The molecule has 1 fully saturated rings. The number of β-amino-alcohol motifs (C(OH)–C–C–N with tert-alkyl or cyclic N) is 1. The number of halogens is 1. The molecule has 1 aliphatic heterocycles. The number of rotatable bonds is 5. The highest BCUT2D eigenvalue weighted by Gasteiger charge is 2.36. The molecule has 0 aromatic heterocycles. The number of methoxy groups -OCH3 is 1. The van der Waals surface area contributed by atoms with Gasteiger partial charge in [0, 0.05) is 44.7 Å². The molecule has 144 valence electrons. The molecule has 1 N–H and O–H groups in total. The second kappa shape index (κ2) is 7.97. The lowest BCUT2D eigenvalue weighted by Gasteiger charge is -2.38. The predicted octanol–water partition coefficient (Wildman–Crippen LogP) is 3.02. The van der Waals surface area contributed by atoms with Crippen LogP contribution in [0.5, 0.6) is 5.75 Å². The predicted molar refractivity (Wildman–Crippen MR) is 104 cm³/mol. The van der Waals surface area contributed by atoms with Crippen LogP contribution in [0.2, 0.25) is 0 Å². The van der Waals surface area contributed by atoms with Crippen LogP contribution in [0.3, 0.4) is 0 Å². The first kappa shape index (κ1) is 18.4. The highest BCUT2D eigenvalue weighted by Crippen LogP contribution is 2.48. The van der Waals surface area contributed by atoms with E-state index in [9.17, 15) is 4.39 Å². The van der Waals surface area contributed by atoms with Crippen LogP contribution in [-0.4, -0.2) is 61.3 Å². The van der Waals surface area contributed by atoms with E-state index >= 15 is 0 Å². The van der Waals surface area contributed by atoms with E-state index in [-0.39, 0.29) is 18.3 Å². The maximum Gasteiger partial charge on any atom is 0.123 e. The molecular weight excluding hydrogens is 343 g/mol. The van der Waals surface area contributed by atoms with Crippen LogP contribution in [0, 0.1) is 5.82 Å². The number of benzene rings is 2. The highest BCUT2D eigenvalue weighted by molar-refractivity contribution is 5.48. The number of fused-ring (bicyclic) bond motifs is 1. The number of hydrogen-bond acceptors (Lipinski definition) is 4. The van der Waals surface area contributed by atoms with Crippen LogP contribution in [0.15, 0.2) is 42.5 Å². The van der Waals surface area contributed by atoms with Gasteiger partial charge in [0.2, 0.25) is 0 Å². The van der Waals surface area contributed by atoms with Crippen molar-refractivity contribution in [3.63, 3.8) is 0 Å². The summed E-state index contributed by atoms with van der Waals surface area (Å²) in [6.07, 6.45) is 1.01. The van der Waals surface area contributed by atoms with Gasteiger partial charge in [-0.1, -0.05) is 18.2 Å². The molecule has 0 saturated carbocycles. The number of aliphatic hydroxyl groups is 1. The minimum atomic E-state index is -0.191. The summed E-state index contributed by atoms with van der Waals surface area (Å²) in [5.74, 6) is 0.979. The van der Waals surface area contributed by atoms with Crippen LogP contribution in [0.1, 0.15) is 35.1 Å². The molecule has 2 aromatic rings. The van der Waals surface area contributed by atoms with E-state index in [2.05, 4.69) is 21.9 Å². The first-order valence-corrected chi connectivity index (χ1v) is 9.70. The molecule has 0 spiro atoms. The average molecular weight is 370 g/mol. The molecule has 5 heteroatoms. The summed E-state index contributed by atoms with van der Waals surface area (Å²) in [6, 6.07) is 13.6. The van der Waals surface area contributed by atoms with Crippen LogP contribution >= 0.6 is 0 Å². The zero-order valence-corrected chi connectivity index (χ0v) is 15.8. The van der Waals surface area contributed by atoms with E-state index in [0.717, 1.165) is 44.9 Å². The Kier molecular flexibility index (Phi) is 5.43. The molecular formula is C22H27FN2O2. The SMILES string of the molecule is COc1ccc2c(c1)C(N1CCN(CCO)CC1)CC2c1ccc(F)cc1. The average Bonchev–Trinajstić information content (AvgIpc) is 3.08. The highest BCUT2D eigenvalue weighted by atomic mass is 19.1. The lowest BCUT2D eigenvalue weighted by atomic mass is 9.93. The normalized spacial score (nSPS) is 23.4. The van der Waals surface area contributed by atoms with E-state index in [4.69, 9.17) is 9.84 Å². The molecule has 1 heterocycles. The smallest absolute Gasteiger partial charge is 0.123 e. The summed E-state index contributed by atoms with van der Waals surface area (Å²) in [4.78, 5) is 4.87. The summed E-state index contributed by atoms with van der Waals surface area (Å²) in [5, 5.41) is 9.17. The van der Waals surface area contributed by atoms with Gasteiger partial charge >= 0.3 is 0 Å². The molecule has 2 atom stereocenters. The number of nitrogens with zero attached hydrogens (tertiary/aromatic N) is 2. The third-order valence-corrected chi connectivity index (χ3v) is 6.02. The third kappa shape index (κ3) is 3.72. The van der Waals surface area contributed by atoms with E-state index < -0.39 is 0 Å². The monoisotopic (exact) mass is 370 g/mol. The standard InChI is InChI=1S/C22H27FN2O2/c1-27-18-6-7-19-20(16-2-4-17(23)5-3-16)15-22(21(19)14-18)25-10-8-24(9-11-25)12-13-26/h2-7,14,20,22,26H,8-13,15H2,1H3. The Morgan fingerprint density at radius 1 is 1.04 bits per heavy atom. The second-order valence-corrected chi connectivity index (χ2v) is 7.45. The Bertz CT molecular complexity index is 772. The van der Waals surface area contributed by atoms with Crippen molar-refractivity contribution in [3.05, 3.63) is 65.0 Å². The van der Waals surface area contributed by atoms with Gasteiger partial charge in [0.25, 0.3) is 0 Å². The Morgan fingerprint density at radius 3 is 2.44 bits per heavy atom. The lowest BCUT2D eigenvalue weighted by molar-refractivity contribution is 0.0827. The molecule has 1 aliphatic carbocycles. The summed E-state index contributed by atoms with van der Waals surface area (Å²) in [7, 11) is 1.71. The molecule has 0 radical (unpaired) electrons. The topological polar surface area (TPSA) is 35.9 Å². The quantitative estimate of drug-likeness (QED) is 0.878. The first-order chi connectivity index (χ1) is 13.2. The molecule has 2 aliphatic rings. The van der Waals surface area contributed by atoms with Crippen molar-refractivity contribution < 1.29 is 14.2 Å². The van der Waals surface area contributed by atoms with Crippen molar-refractivity contribution in [1.82, 2.24) is 9.80 Å². The maximum atomic E-state index is 13.4. The van der Waals surface area contributed by atoms with Crippen LogP contribution in [0.4, 0.5) is 4.39 Å². The minimum Gasteiger partial charge on any atom is -0.497 e. The van der Waals surface area contributed by atoms with Gasteiger partial charge in [-0.15, -0.1) is 0 Å². The molecule has 2 unspecified atom stereocenters. The number of hydrogen-bond donors (Lipinski definition) is 1. The van der Waals surface area contributed by atoms with Crippen LogP contribution in [0.25, 0.3) is 0 Å². The van der Waals surface area contributed by atoms with Gasteiger partial charge in [0.15, 0.2) is 0 Å². The van der Waals surface area contributed by atoms with Crippen molar-refractivity contribution in [2.75, 3.05) is 46.4 Å². The molecule has 1 saturated heterocycles. The summed E-state index contributed by atoms with van der Waals surface area (Å²) in [5.41, 5.74) is 3.83. The zero-order valence-electron chi connectivity index (χ0n) is 15.8. The number of aliphatic hydroxyl groups excluding tert-OH is 1. The Balaban J connectivity index is 1.61. The molecule has 0 bridgehead atoms. The zero-order chi connectivity index (χ0) is 18.8. The largest absolute Gasteiger partial charge is 0.497 e. The Morgan fingerprint density at radius 2 is 1.78 bits per heavy atom. The number of piperazine rings is 1. The van der Waals surface area contributed by atoms with E-state index in [1.807, 2.05) is 18.2 Å². The fourth-order valence-electron chi connectivity index (χ4n) is 4.56. The molecule has 0 amide bonds.